The predicted octanol–water partition coefficient (Wildman–Crippen LogP) is 0.608. The van der Waals surface area contributed by atoms with Crippen molar-refractivity contribution in [2.45, 2.75) is 6.42 Å². The number of nitrogens with two attached hydrogens (primary N) is 1. The van der Waals surface area contributed by atoms with Crippen molar-refractivity contribution in [2.24, 2.45) is 10.7 Å². The van der Waals surface area contributed by atoms with E-state index in [0.717, 1.165) is 12.5 Å². The smallest absolute Gasteiger partial charge is 0.153 e. The molecule has 0 aromatic carbocycles. The topological polar surface area (TPSA) is 103 Å². The second-order valence-electron chi connectivity index (χ2n) is 2.33. The number of nitrogens with zero attached hydrogens (tertiary/aromatic N) is 1. The maximum atomic E-state index is 8.66. The molecule has 0 spiro atoms. The molecule has 0 bridgehead atoms. The van der Waals surface area contributed by atoms with E-state index in [2.05, 4.69) is 4.99 Å². The van der Waals surface area contributed by atoms with Gasteiger partial charge in [0.2, 0.25) is 0 Å². The summed E-state index contributed by atoms with van der Waals surface area (Å²) >= 11 is 0. The van der Waals surface area contributed by atoms with Crippen molar-refractivity contribution in [2.75, 3.05) is 0 Å². The van der Waals surface area contributed by atoms with Crippen LogP contribution in [0.5, 0.6) is 0 Å². The molecule has 5 heteroatoms. The molecule has 0 saturated carbocycles. The summed E-state index contributed by atoms with van der Waals surface area (Å²) in [4.78, 5) is 3.61. The van der Waals surface area contributed by atoms with Crippen molar-refractivity contribution in [3.63, 3.8) is 0 Å². The molecule has 0 atom stereocenters. The molecule has 0 radical (unpaired) electrons. The summed E-state index contributed by atoms with van der Waals surface area (Å²) in [5.41, 5.74) is 6.11. The Bertz CT molecular complexity index is 302. The highest BCUT2D eigenvalue weighted by Gasteiger charge is 2.17. The van der Waals surface area contributed by atoms with Crippen molar-refractivity contribution >= 4 is 11.7 Å². The average Bonchev–Trinajstić information content (AvgIpc) is 2.05. The Kier molecular flexibility index (Phi) is 2.14. The summed E-state index contributed by atoms with van der Waals surface area (Å²) in [5, 5.41) is 24.5. The first-order valence-corrected chi connectivity index (χ1v) is 3.29. The minimum atomic E-state index is -0.0689. The average molecular weight is 167 g/mol. The molecule has 0 fully saturated rings. The predicted molar refractivity (Wildman–Crippen MR) is 45.4 cm³/mol. The highest BCUT2D eigenvalue weighted by atomic mass is 16.2. The van der Waals surface area contributed by atoms with Crippen LogP contribution in [0.3, 0.4) is 0 Å². The van der Waals surface area contributed by atoms with Crippen LogP contribution in [0.15, 0.2) is 28.7 Å². The van der Waals surface area contributed by atoms with E-state index in [-0.39, 0.29) is 18.1 Å². The van der Waals surface area contributed by atoms with Crippen LogP contribution in [0.4, 0.5) is 0 Å². The molecule has 5 nitrogen and oxygen atoms in total. The number of rotatable bonds is 0. The second-order valence-corrected chi connectivity index (χ2v) is 2.33. The number of amidine groups is 2. The number of hydrogen-bond donors (Lipinski definition) is 4. The molecule has 0 saturated heterocycles. The van der Waals surface area contributed by atoms with Gasteiger partial charge < -0.3 is 15.9 Å². The van der Waals surface area contributed by atoms with Crippen LogP contribution in [0, 0.1) is 5.41 Å². The van der Waals surface area contributed by atoms with E-state index in [9.17, 15) is 0 Å². The first kappa shape index (κ1) is 8.32. The van der Waals surface area contributed by atoms with Crippen LogP contribution in [0.1, 0.15) is 6.42 Å². The zero-order chi connectivity index (χ0) is 9.14. The summed E-state index contributed by atoms with van der Waals surface area (Å²) in [6.07, 6.45) is 1.86. The molecule has 1 aliphatic rings. The summed E-state index contributed by atoms with van der Waals surface area (Å²) < 4.78 is 0. The van der Waals surface area contributed by atoms with Gasteiger partial charge in [0.1, 0.15) is 5.84 Å². The van der Waals surface area contributed by atoms with Crippen molar-refractivity contribution in [1.29, 1.82) is 5.41 Å². The summed E-state index contributed by atoms with van der Waals surface area (Å²) in [6, 6.07) is 0. The molecule has 0 aliphatic carbocycles. The molecule has 5 N–H and O–H groups in total. The van der Waals surface area contributed by atoms with Crippen LogP contribution in [0.2, 0.25) is 0 Å². The summed E-state index contributed by atoms with van der Waals surface area (Å²) in [5.74, 6) is 0.0497. The van der Waals surface area contributed by atoms with Crippen molar-refractivity contribution in [3.8, 4) is 0 Å². The lowest BCUT2D eigenvalue weighted by Crippen LogP contribution is -2.23. The fourth-order valence-electron chi connectivity index (χ4n) is 0.862. The highest BCUT2D eigenvalue weighted by molar-refractivity contribution is 6.13. The number of hydrogen-bond acceptors (Lipinski definition) is 4. The van der Waals surface area contributed by atoms with Gasteiger partial charge in [-0.15, -0.1) is 0 Å². The molecular weight excluding hydrogens is 158 g/mol. The third-order valence-corrected chi connectivity index (χ3v) is 1.56. The van der Waals surface area contributed by atoms with Crippen molar-refractivity contribution in [3.05, 3.63) is 23.7 Å². The van der Waals surface area contributed by atoms with E-state index in [1.165, 1.54) is 0 Å². The normalized spacial score (nSPS) is 24.7. The van der Waals surface area contributed by atoms with Gasteiger partial charge in [0, 0.05) is 17.6 Å². The van der Waals surface area contributed by atoms with Gasteiger partial charge >= 0.3 is 0 Å². The Hall–Kier alpha value is -1.78. The number of aliphatic hydroxyl groups excluding tert-OH is 2. The first-order chi connectivity index (χ1) is 5.69. The Morgan fingerprint density at radius 1 is 1.33 bits per heavy atom. The molecule has 0 aromatic heterocycles. The lowest BCUT2D eigenvalue weighted by atomic mass is 10.0. The molecule has 1 rings (SSSR count). The quantitative estimate of drug-likeness (QED) is 0.397. The molecule has 64 valence electrons. The largest absolute Gasteiger partial charge is 0.515 e. The van der Waals surface area contributed by atoms with E-state index < -0.39 is 0 Å². The number of nitrogens with one attached hydrogen (secondary N) is 1. The molecular formula is C7H9N3O2. The molecule has 1 heterocycles. The van der Waals surface area contributed by atoms with E-state index in [4.69, 9.17) is 21.4 Å². The minimum Gasteiger partial charge on any atom is -0.515 e. The minimum absolute atomic E-state index is 0.0689. The first-order valence-electron chi connectivity index (χ1n) is 3.29. The van der Waals surface area contributed by atoms with Crippen LogP contribution in [0.25, 0.3) is 0 Å². The summed E-state index contributed by atoms with van der Waals surface area (Å²) in [6.45, 7) is 0. The van der Waals surface area contributed by atoms with Crippen LogP contribution >= 0.6 is 0 Å². The van der Waals surface area contributed by atoms with Gasteiger partial charge in [-0.2, -0.15) is 0 Å². The van der Waals surface area contributed by atoms with Gasteiger partial charge in [-0.1, -0.05) is 0 Å². The monoisotopic (exact) mass is 167 g/mol. The third kappa shape index (κ3) is 1.29. The molecule has 1 aliphatic heterocycles. The maximum absolute atomic E-state index is 8.66. The van der Waals surface area contributed by atoms with E-state index in [1.807, 2.05) is 0 Å². The highest BCUT2D eigenvalue weighted by Crippen LogP contribution is 2.17. The van der Waals surface area contributed by atoms with Crippen LogP contribution in [-0.4, -0.2) is 21.9 Å². The molecule has 0 aromatic rings. The Morgan fingerprint density at radius 2 is 1.92 bits per heavy atom. The Labute approximate surface area is 69.1 Å². The third-order valence-electron chi connectivity index (χ3n) is 1.56. The SMILES string of the molecule is N=C1N=C(N)/C(=C/O)C/C1=C\O. The fourth-order valence-corrected chi connectivity index (χ4v) is 0.862. The Balaban J connectivity index is 3.07. The fraction of sp³-hybridized carbons (Fsp3) is 0.143. The van der Waals surface area contributed by atoms with E-state index >= 15 is 0 Å². The van der Waals surface area contributed by atoms with Gasteiger partial charge in [0.05, 0.1) is 12.5 Å². The standard InChI is InChI=1S/C7H9N3O2/c8-6-4(2-11)1-5(3-12)7(9)10-6/h2-3,11-12H,1H2,(H3,8,9,10)/b4-2+,5-3+. The van der Waals surface area contributed by atoms with E-state index in [1.54, 1.807) is 0 Å². The zero-order valence-electron chi connectivity index (χ0n) is 6.28. The summed E-state index contributed by atoms with van der Waals surface area (Å²) in [7, 11) is 0. The van der Waals surface area contributed by atoms with Gasteiger partial charge in [0.15, 0.2) is 5.84 Å². The zero-order valence-corrected chi connectivity index (χ0v) is 6.28. The van der Waals surface area contributed by atoms with Crippen LogP contribution in [-0.2, 0) is 0 Å². The molecule has 12 heavy (non-hydrogen) atoms. The van der Waals surface area contributed by atoms with E-state index in [0.29, 0.717) is 11.1 Å². The van der Waals surface area contributed by atoms with Gasteiger partial charge in [-0.25, -0.2) is 4.99 Å². The molecule has 0 amide bonds. The van der Waals surface area contributed by atoms with Crippen molar-refractivity contribution in [1.82, 2.24) is 0 Å². The van der Waals surface area contributed by atoms with Gasteiger partial charge in [0.25, 0.3) is 0 Å². The van der Waals surface area contributed by atoms with Gasteiger partial charge in [-0.05, 0) is 0 Å². The Morgan fingerprint density at radius 3 is 2.42 bits per heavy atom. The lowest BCUT2D eigenvalue weighted by molar-refractivity contribution is 0.463. The maximum Gasteiger partial charge on any atom is 0.153 e. The number of aliphatic imine (C=N–C) groups is 1. The number of aliphatic hydroxyl groups is 2. The van der Waals surface area contributed by atoms with Crippen molar-refractivity contribution < 1.29 is 10.2 Å². The second kappa shape index (κ2) is 3.08. The lowest BCUT2D eigenvalue weighted by Gasteiger charge is -2.13. The molecule has 0 unspecified atom stereocenters. The van der Waals surface area contributed by atoms with Crippen LogP contribution < -0.4 is 5.73 Å². The van der Waals surface area contributed by atoms with Gasteiger partial charge in [-0.3, -0.25) is 5.41 Å².